The van der Waals surface area contributed by atoms with Crippen LogP contribution in [0.25, 0.3) is 0 Å². The highest BCUT2D eigenvalue weighted by molar-refractivity contribution is 5.23. The van der Waals surface area contributed by atoms with Crippen LogP contribution in [-0.2, 0) is 5.41 Å². The fourth-order valence-corrected chi connectivity index (χ4v) is 2.92. The monoisotopic (exact) mass is 232 g/mol. The highest BCUT2D eigenvalue weighted by atomic mass is 14.9. The summed E-state index contributed by atoms with van der Waals surface area (Å²) in [6.45, 7) is 6.71. The second-order valence-electron chi connectivity index (χ2n) is 5.48. The number of rotatable bonds is 4. The number of nitrogens with zero attached hydrogens (tertiary/aromatic N) is 1. The Labute approximate surface area is 105 Å². The van der Waals surface area contributed by atoms with E-state index in [4.69, 9.17) is 0 Å². The first-order valence-electron chi connectivity index (χ1n) is 6.88. The van der Waals surface area contributed by atoms with Gasteiger partial charge in [0.25, 0.3) is 0 Å². The predicted molar refractivity (Wildman–Crippen MR) is 72.1 cm³/mol. The molecule has 1 fully saturated rings. The Morgan fingerprint density at radius 2 is 2.18 bits per heavy atom. The van der Waals surface area contributed by atoms with Crippen molar-refractivity contribution in [2.45, 2.75) is 44.9 Å². The molecule has 0 aromatic carbocycles. The molecule has 2 heteroatoms. The number of hydrogen-bond acceptors (Lipinski definition) is 2. The molecule has 0 aliphatic heterocycles. The smallest absolute Gasteiger partial charge is 0.0306 e. The molecular weight excluding hydrogens is 208 g/mol. The summed E-state index contributed by atoms with van der Waals surface area (Å²) in [6, 6.07) is 4.32. The lowest BCUT2D eigenvalue weighted by atomic mass is 9.67. The molecule has 0 bridgehead atoms. The van der Waals surface area contributed by atoms with Gasteiger partial charge in [-0.2, -0.15) is 0 Å². The number of pyridine rings is 1. The molecule has 0 saturated heterocycles. The van der Waals surface area contributed by atoms with Gasteiger partial charge >= 0.3 is 0 Å². The molecule has 0 amide bonds. The topological polar surface area (TPSA) is 24.9 Å². The maximum absolute atomic E-state index is 4.30. The van der Waals surface area contributed by atoms with Gasteiger partial charge in [0.1, 0.15) is 0 Å². The quantitative estimate of drug-likeness (QED) is 0.862. The van der Waals surface area contributed by atoms with E-state index < -0.39 is 0 Å². The first-order chi connectivity index (χ1) is 8.27. The van der Waals surface area contributed by atoms with Gasteiger partial charge in [0.15, 0.2) is 0 Å². The van der Waals surface area contributed by atoms with E-state index in [2.05, 4.69) is 42.5 Å². The maximum atomic E-state index is 4.30. The standard InChI is InChI=1S/C15H24N2/c1-3-16-12-15(8-6-13(2)7-9-15)14-5-4-10-17-11-14/h4-5,10-11,13,16H,3,6-9,12H2,1-2H3. The Hall–Kier alpha value is -0.890. The fraction of sp³-hybridized carbons (Fsp3) is 0.667. The molecule has 1 aromatic rings. The summed E-state index contributed by atoms with van der Waals surface area (Å²) in [5.41, 5.74) is 1.75. The Morgan fingerprint density at radius 3 is 2.76 bits per heavy atom. The van der Waals surface area contributed by atoms with Crippen LogP contribution in [0.1, 0.15) is 45.1 Å². The van der Waals surface area contributed by atoms with Crippen molar-refractivity contribution in [2.75, 3.05) is 13.1 Å². The molecule has 17 heavy (non-hydrogen) atoms. The SMILES string of the molecule is CCNCC1(c2cccnc2)CCC(C)CC1. The number of hydrogen-bond donors (Lipinski definition) is 1. The highest BCUT2D eigenvalue weighted by Crippen LogP contribution is 2.40. The van der Waals surface area contributed by atoms with E-state index >= 15 is 0 Å². The molecule has 0 unspecified atom stereocenters. The Kier molecular flexibility index (Phi) is 4.16. The minimum absolute atomic E-state index is 0.330. The maximum Gasteiger partial charge on any atom is 0.0306 e. The third-order valence-electron chi connectivity index (χ3n) is 4.22. The Balaban J connectivity index is 2.18. The zero-order valence-corrected chi connectivity index (χ0v) is 11.1. The van der Waals surface area contributed by atoms with Crippen molar-refractivity contribution in [3.8, 4) is 0 Å². The molecule has 1 aliphatic rings. The van der Waals surface area contributed by atoms with Crippen molar-refractivity contribution in [1.82, 2.24) is 10.3 Å². The van der Waals surface area contributed by atoms with Crippen LogP contribution >= 0.6 is 0 Å². The van der Waals surface area contributed by atoms with Gasteiger partial charge in [-0.3, -0.25) is 4.98 Å². The summed E-state index contributed by atoms with van der Waals surface area (Å²) in [7, 11) is 0. The van der Waals surface area contributed by atoms with E-state index in [9.17, 15) is 0 Å². The summed E-state index contributed by atoms with van der Waals surface area (Å²) in [5, 5.41) is 3.54. The lowest BCUT2D eigenvalue weighted by Crippen LogP contribution is -2.41. The molecule has 1 aromatic heterocycles. The van der Waals surface area contributed by atoms with E-state index in [0.29, 0.717) is 5.41 Å². The average molecular weight is 232 g/mol. The molecule has 2 nitrogen and oxygen atoms in total. The average Bonchev–Trinajstić information content (AvgIpc) is 2.40. The summed E-state index contributed by atoms with van der Waals surface area (Å²) in [6.07, 6.45) is 9.23. The first-order valence-corrected chi connectivity index (χ1v) is 6.88. The molecule has 0 spiro atoms. The van der Waals surface area contributed by atoms with Crippen LogP contribution < -0.4 is 5.32 Å². The van der Waals surface area contributed by atoms with Gasteiger partial charge in [-0.25, -0.2) is 0 Å². The highest BCUT2D eigenvalue weighted by Gasteiger charge is 2.35. The van der Waals surface area contributed by atoms with Gasteiger partial charge < -0.3 is 5.32 Å². The Bertz CT molecular complexity index is 321. The van der Waals surface area contributed by atoms with E-state index in [1.165, 1.54) is 31.2 Å². The number of aromatic nitrogens is 1. The van der Waals surface area contributed by atoms with Crippen LogP contribution in [-0.4, -0.2) is 18.1 Å². The van der Waals surface area contributed by atoms with E-state index in [1.807, 2.05) is 6.20 Å². The van der Waals surface area contributed by atoms with Gasteiger partial charge in [0.05, 0.1) is 0 Å². The molecule has 0 radical (unpaired) electrons. The lowest BCUT2D eigenvalue weighted by molar-refractivity contribution is 0.234. The predicted octanol–water partition coefficient (Wildman–Crippen LogP) is 3.14. The summed E-state index contributed by atoms with van der Waals surface area (Å²) >= 11 is 0. The first kappa shape index (κ1) is 12.6. The normalized spacial score (nSPS) is 29.2. The third-order valence-corrected chi connectivity index (χ3v) is 4.22. The fourth-order valence-electron chi connectivity index (χ4n) is 2.92. The zero-order chi connectivity index (χ0) is 12.1. The van der Waals surface area contributed by atoms with Crippen molar-refractivity contribution in [3.05, 3.63) is 30.1 Å². The molecule has 2 rings (SSSR count). The van der Waals surface area contributed by atoms with Crippen LogP contribution in [0.3, 0.4) is 0 Å². The van der Waals surface area contributed by atoms with Crippen LogP contribution in [0.4, 0.5) is 0 Å². The van der Waals surface area contributed by atoms with Crippen LogP contribution in [0.15, 0.2) is 24.5 Å². The number of nitrogens with one attached hydrogen (secondary N) is 1. The van der Waals surface area contributed by atoms with Gasteiger partial charge in [-0.05, 0) is 49.8 Å². The van der Waals surface area contributed by atoms with E-state index in [1.54, 1.807) is 0 Å². The molecular formula is C15H24N2. The van der Waals surface area contributed by atoms with Gasteiger partial charge in [0, 0.05) is 24.4 Å². The van der Waals surface area contributed by atoms with Gasteiger partial charge in [0.2, 0.25) is 0 Å². The number of likely N-dealkylation sites (N-methyl/N-ethyl adjacent to an activating group) is 1. The second kappa shape index (κ2) is 5.63. The molecule has 94 valence electrons. The van der Waals surface area contributed by atoms with Crippen molar-refractivity contribution < 1.29 is 0 Å². The molecule has 1 N–H and O–H groups in total. The van der Waals surface area contributed by atoms with Crippen molar-refractivity contribution >= 4 is 0 Å². The van der Waals surface area contributed by atoms with Gasteiger partial charge in [-0.15, -0.1) is 0 Å². The van der Waals surface area contributed by atoms with Crippen molar-refractivity contribution in [3.63, 3.8) is 0 Å². The van der Waals surface area contributed by atoms with Crippen molar-refractivity contribution in [1.29, 1.82) is 0 Å². The molecule has 1 saturated carbocycles. The van der Waals surface area contributed by atoms with E-state index in [0.717, 1.165) is 19.0 Å². The second-order valence-corrected chi connectivity index (χ2v) is 5.48. The van der Waals surface area contributed by atoms with Gasteiger partial charge in [-0.1, -0.05) is 19.9 Å². The third kappa shape index (κ3) is 2.86. The summed E-state index contributed by atoms with van der Waals surface area (Å²) in [4.78, 5) is 4.30. The molecule has 0 atom stereocenters. The van der Waals surface area contributed by atoms with Crippen LogP contribution in [0.5, 0.6) is 0 Å². The molecule has 1 aliphatic carbocycles. The minimum Gasteiger partial charge on any atom is -0.316 e. The zero-order valence-electron chi connectivity index (χ0n) is 11.1. The summed E-state index contributed by atoms with van der Waals surface area (Å²) < 4.78 is 0. The van der Waals surface area contributed by atoms with Crippen LogP contribution in [0, 0.1) is 5.92 Å². The molecule has 1 heterocycles. The lowest BCUT2D eigenvalue weighted by Gasteiger charge is -2.40. The van der Waals surface area contributed by atoms with Crippen molar-refractivity contribution in [2.24, 2.45) is 5.92 Å². The Morgan fingerprint density at radius 1 is 1.41 bits per heavy atom. The minimum atomic E-state index is 0.330. The van der Waals surface area contributed by atoms with E-state index in [-0.39, 0.29) is 0 Å². The van der Waals surface area contributed by atoms with Crippen LogP contribution in [0.2, 0.25) is 0 Å². The largest absolute Gasteiger partial charge is 0.316 e. The summed E-state index contributed by atoms with van der Waals surface area (Å²) in [5.74, 6) is 0.890.